The second kappa shape index (κ2) is 21.5. The Balaban J connectivity index is 0.000000190. The summed E-state index contributed by atoms with van der Waals surface area (Å²) in [5, 5.41) is 16.8. The number of hydrogen-bond donors (Lipinski definition) is 8. The van der Waals surface area contributed by atoms with E-state index in [1.165, 1.54) is 34.1 Å². The molecule has 0 bridgehead atoms. The number of benzene rings is 6. The molecule has 10 N–H and O–H groups in total. The summed E-state index contributed by atoms with van der Waals surface area (Å²) in [6.07, 6.45) is -5.95. The first-order valence-electron chi connectivity index (χ1n) is 23.5. The third-order valence-electron chi connectivity index (χ3n) is 12.0. The molecule has 0 fully saturated rings. The van der Waals surface area contributed by atoms with E-state index in [-0.39, 0.29) is 36.1 Å². The average molecular weight is 1070 g/mol. The summed E-state index contributed by atoms with van der Waals surface area (Å²) in [7, 11) is 0. The van der Waals surface area contributed by atoms with Crippen molar-refractivity contribution in [3.63, 3.8) is 0 Å². The lowest BCUT2D eigenvalue weighted by Gasteiger charge is -2.30. The van der Waals surface area contributed by atoms with Crippen molar-refractivity contribution in [2.24, 2.45) is 0 Å². The fourth-order valence-corrected chi connectivity index (χ4v) is 8.12. The molecule has 2 aliphatic rings. The normalized spacial score (nSPS) is 12.9. The maximum Gasteiger partial charge on any atom is 0.416 e. The van der Waals surface area contributed by atoms with Gasteiger partial charge in [0.25, 0.3) is 11.8 Å². The number of carbonyl (C=O) groups is 4. The zero-order valence-electron chi connectivity index (χ0n) is 41.0. The number of rotatable bonds is 10. The molecule has 2 aliphatic heterocycles. The summed E-state index contributed by atoms with van der Waals surface area (Å²) in [4.78, 5) is 71.8. The van der Waals surface area contributed by atoms with Crippen LogP contribution < -0.4 is 53.2 Å². The minimum atomic E-state index is -4.57. The van der Waals surface area contributed by atoms with Crippen LogP contribution in [0, 0.1) is 13.8 Å². The molecule has 0 atom stereocenters. The number of anilines is 12. The molecule has 396 valence electrons. The van der Waals surface area contributed by atoms with Crippen molar-refractivity contribution in [3.05, 3.63) is 190 Å². The molecule has 78 heavy (non-hydrogen) atoms. The van der Waals surface area contributed by atoms with Crippen LogP contribution in [0.1, 0.15) is 54.1 Å². The van der Waals surface area contributed by atoms with Gasteiger partial charge in [-0.1, -0.05) is 36.4 Å². The van der Waals surface area contributed by atoms with Gasteiger partial charge in [-0.2, -0.15) is 36.3 Å². The van der Waals surface area contributed by atoms with Gasteiger partial charge < -0.3 is 32.7 Å². The van der Waals surface area contributed by atoms with E-state index in [0.29, 0.717) is 68.3 Å². The highest BCUT2D eigenvalue weighted by Crippen LogP contribution is 2.35. The van der Waals surface area contributed by atoms with Gasteiger partial charge in [0.2, 0.25) is 11.9 Å². The molecule has 24 heteroatoms. The van der Waals surface area contributed by atoms with Crippen LogP contribution in [0.15, 0.2) is 146 Å². The number of fused-ring (bicyclic) bond motifs is 2. The summed E-state index contributed by atoms with van der Waals surface area (Å²) >= 11 is 0. The third kappa shape index (κ3) is 12.3. The molecule has 0 saturated carbocycles. The molecule has 0 unspecified atom stereocenters. The van der Waals surface area contributed by atoms with Crippen molar-refractivity contribution in [2.75, 3.05) is 53.2 Å². The van der Waals surface area contributed by atoms with Crippen molar-refractivity contribution >= 4 is 92.9 Å². The van der Waals surface area contributed by atoms with Gasteiger partial charge in [-0.05, 0) is 122 Å². The quantitative estimate of drug-likeness (QED) is 0.0470. The van der Waals surface area contributed by atoms with Crippen molar-refractivity contribution in [2.45, 2.75) is 39.3 Å². The van der Waals surface area contributed by atoms with E-state index in [1.807, 2.05) is 0 Å². The van der Waals surface area contributed by atoms with Gasteiger partial charge in [0.1, 0.15) is 11.6 Å². The highest BCUT2D eigenvalue weighted by atomic mass is 19.4. The SMILES string of the molecule is Cc1ccc(NC(=O)c2cccc(C(F)(F)F)c2)cc1N1Cc2cnc(Nc3cccc(N)c3)nc2NC1=O.Cc1ccc(NC(=O)c2cccc(C(F)(F)F)c2)cc1N1Cc2cnc(Nc3cccc(N)c3)nc2NC1=O. The van der Waals surface area contributed by atoms with Crippen LogP contribution in [0.4, 0.5) is 105 Å². The number of nitrogens with two attached hydrogens (primary N) is 2. The van der Waals surface area contributed by atoms with Gasteiger partial charge >= 0.3 is 24.4 Å². The predicted molar refractivity (Wildman–Crippen MR) is 284 cm³/mol. The first-order valence-corrected chi connectivity index (χ1v) is 23.5. The fraction of sp³-hybridized carbons (Fsp3) is 0.111. The molecular weight excluding hydrogens is 1020 g/mol. The van der Waals surface area contributed by atoms with Gasteiger partial charge in [0.15, 0.2) is 0 Å². The van der Waals surface area contributed by atoms with E-state index >= 15 is 0 Å². The van der Waals surface area contributed by atoms with Gasteiger partial charge in [-0.3, -0.25) is 30.0 Å². The second-order valence-corrected chi connectivity index (χ2v) is 17.7. The molecule has 2 aromatic heterocycles. The zero-order chi connectivity index (χ0) is 55.5. The summed E-state index contributed by atoms with van der Waals surface area (Å²) in [5.74, 6) is -0.156. The smallest absolute Gasteiger partial charge is 0.399 e. The predicted octanol–water partition coefficient (Wildman–Crippen LogP) is 11.9. The molecular formula is C54H44F6N14O4. The highest BCUT2D eigenvalue weighted by Gasteiger charge is 2.33. The molecule has 0 spiro atoms. The van der Waals surface area contributed by atoms with Gasteiger partial charge in [0.05, 0.1) is 35.6 Å². The molecule has 10 rings (SSSR count). The van der Waals surface area contributed by atoms with E-state index in [9.17, 15) is 45.5 Å². The number of amides is 6. The van der Waals surface area contributed by atoms with Crippen LogP contribution in [0.5, 0.6) is 0 Å². The van der Waals surface area contributed by atoms with Crippen molar-refractivity contribution < 1.29 is 45.5 Å². The molecule has 6 amide bonds. The molecule has 0 aliphatic carbocycles. The lowest BCUT2D eigenvalue weighted by atomic mass is 10.1. The Kier molecular flexibility index (Phi) is 14.5. The Morgan fingerprint density at radius 3 is 1.31 bits per heavy atom. The van der Waals surface area contributed by atoms with E-state index < -0.39 is 47.4 Å². The standard InChI is InChI=1S/2C27H22F3N7O2/c2*1-15-8-9-21(33-24(38)16-4-2-5-18(10-16)27(28,29)30)12-22(15)37-14-17-13-32-25(35-23(17)36-26(37)39)34-20-7-3-6-19(31)11-20/h2*2-13H,14,31H2,1H3,(H,33,38)(H2,32,34,35,36,39). The van der Waals surface area contributed by atoms with Crippen LogP contribution in [-0.2, 0) is 25.4 Å². The zero-order valence-corrected chi connectivity index (χ0v) is 41.0. The van der Waals surface area contributed by atoms with E-state index in [0.717, 1.165) is 35.4 Å². The van der Waals surface area contributed by atoms with Crippen molar-refractivity contribution in [1.29, 1.82) is 0 Å². The Bertz CT molecular complexity index is 3420. The molecule has 0 saturated heterocycles. The molecule has 8 aromatic rings. The number of nitrogens with zero attached hydrogens (tertiary/aromatic N) is 6. The Morgan fingerprint density at radius 2 is 0.923 bits per heavy atom. The monoisotopic (exact) mass is 1070 g/mol. The number of nitrogen functional groups attached to an aromatic ring is 2. The number of urea groups is 2. The summed E-state index contributed by atoms with van der Waals surface area (Å²) in [5.41, 5.74) is 16.5. The Hall–Kier alpha value is -10.3. The molecule has 6 aromatic carbocycles. The van der Waals surface area contributed by atoms with Crippen LogP contribution in [0.3, 0.4) is 0 Å². The van der Waals surface area contributed by atoms with Gasteiger partial charge in [-0.15, -0.1) is 0 Å². The average Bonchev–Trinajstić information content (AvgIpc) is 3.47. The van der Waals surface area contributed by atoms with Crippen LogP contribution >= 0.6 is 0 Å². The minimum absolute atomic E-state index is 0.142. The minimum Gasteiger partial charge on any atom is -0.399 e. The highest BCUT2D eigenvalue weighted by molar-refractivity contribution is 6.08. The van der Waals surface area contributed by atoms with Crippen molar-refractivity contribution in [1.82, 2.24) is 19.9 Å². The van der Waals surface area contributed by atoms with E-state index in [4.69, 9.17) is 11.5 Å². The van der Waals surface area contributed by atoms with Crippen LogP contribution in [-0.4, -0.2) is 43.8 Å². The van der Waals surface area contributed by atoms with E-state index in [2.05, 4.69) is 51.8 Å². The second-order valence-electron chi connectivity index (χ2n) is 17.7. The Morgan fingerprint density at radius 1 is 0.526 bits per heavy atom. The fourth-order valence-electron chi connectivity index (χ4n) is 8.12. The topological polar surface area (TPSA) is 251 Å². The molecule has 0 radical (unpaired) electrons. The lowest BCUT2D eigenvalue weighted by Crippen LogP contribution is -2.39. The number of carbonyl (C=O) groups excluding carboxylic acids is 4. The van der Waals surface area contributed by atoms with Gasteiger partial charge in [0, 0.05) is 68.8 Å². The molecule has 4 heterocycles. The number of alkyl halides is 6. The number of nitrogens with one attached hydrogen (secondary N) is 6. The van der Waals surface area contributed by atoms with Crippen LogP contribution in [0.2, 0.25) is 0 Å². The maximum absolute atomic E-state index is 13.0. The number of hydrogen-bond acceptors (Lipinski definition) is 12. The maximum atomic E-state index is 13.0. The summed E-state index contributed by atoms with van der Waals surface area (Å²) in [6.45, 7) is 3.91. The van der Waals surface area contributed by atoms with Crippen LogP contribution in [0.25, 0.3) is 0 Å². The first-order chi connectivity index (χ1) is 37.1. The van der Waals surface area contributed by atoms with Crippen molar-refractivity contribution in [3.8, 4) is 0 Å². The number of halogens is 6. The first kappa shape index (κ1) is 52.6. The molecule has 18 nitrogen and oxygen atoms in total. The largest absolute Gasteiger partial charge is 0.416 e. The number of aromatic nitrogens is 4. The summed E-state index contributed by atoms with van der Waals surface area (Å²) in [6, 6.07) is 31.4. The van der Waals surface area contributed by atoms with Gasteiger partial charge in [-0.25, -0.2) is 19.6 Å². The third-order valence-corrected chi connectivity index (χ3v) is 12.0. The lowest BCUT2D eigenvalue weighted by molar-refractivity contribution is -0.138. The Labute approximate surface area is 439 Å². The summed E-state index contributed by atoms with van der Waals surface area (Å²) < 4.78 is 78.3. The number of aryl methyl sites for hydroxylation is 2. The van der Waals surface area contributed by atoms with E-state index in [1.54, 1.807) is 111 Å².